The van der Waals surface area contributed by atoms with Crippen molar-refractivity contribution in [1.82, 2.24) is 10.6 Å². The number of ketones is 1. The smallest absolute Gasteiger partial charge is 0.251 e. The summed E-state index contributed by atoms with van der Waals surface area (Å²) in [5.41, 5.74) is 0.998. The van der Waals surface area contributed by atoms with Gasteiger partial charge in [-0.2, -0.15) is 0 Å². The fourth-order valence-electron chi connectivity index (χ4n) is 2.51. The van der Waals surface area contributed by atoms with Crippen molar-refractivity contribution in [2.75, 3.05) is 32.8 Å². The van der Waals surface area contributed by atoms with Gasteiger partial charge in [0.1, 0.15) is 0 Å². The number of nitrogens with zero attached hydrogens (tertiary/aromatic N) is 1. The lowest BCUT2D eigenvalue weighted by molar-refractivity contribution is -0.117. The summed E-state index contributed by atoms with van der Waals surface area (Å²) < 4.78 is 5.12. The molecule has 4 N–H and O–H groups in total. The number of aliphatic hydroxyl groups excluding tert-OH is 1. The standard InChI is InChI=1S/C17H21NO2.C8H16O3.C7H16N2.C4H8.C2H6/c1-5-10-14(7-3)16(19)12-9-11-15(8-4)17(20)18-13-6-2;1-2-3-6-11-7-4-5-8(9)10;1-4-6-9-7(3)8-5-2;1-3-4-2;1-2/h5-12H,2,4,13H2,1,3H3,(H,18,20);4-5,8-10H,2-3,6-7H2,1H3;4-6H2,1-3H3,(H,8,9);3H,1,4H2,2H3;1-2H3/b10-5-,12-9+,14-7+,15-11+;5-4+;;;. The van der Waals surface area contributed by atoms with Crippen LogP contribution in [0.25, 0.3) is 0 Å². The van der Waals surface area contributed by atoms with Crippen LogP contribution in [0.4, 0.5) is 0 Å². The molecule has 0 fully saturated rings. The molecule has 0 spiro atoms. The highest BCUT2D eigenvalue weighted by Gasteiger charge is 2.03. The number of carbonyl (C=O) groups is 2. The fraction of sp³-hybridized carbons (Fsp3) is 0.500. The molecule has 0 aliphatic carbocycles. The van der Waals surface area contributed by atoms with Gasteiger partial charge >= 0.3 is 0 Å². The summed E-state index contributed by atoms with van der Waals surface area (Å²) in [7, 11) is 0. The minimum absolute atomic E-state index is 0.114. The lowest BCUT2D eigenvalue weighted by Crippen LogP contribution is -2.24. The molecule has 0 radical (unpaired) electrons. The highest BCUT2D eigenvalue weighted by molar-refractivity contribution is 6.06. The van der Waals surface area contributed by atoms with Crippen molar-refractivity contribution in [3.63, 3.8) is 0 Å². The first-order valence-electron chi connectivity index (χ1n) is 16.3. The number of aliphatic hydroxyl groups is 2. The normalized spacial score (nSPS) is 11.3. The van der Waals surface area contributed by atoms with E-state index in [4.69, 9.17) is 14.9 Å². The topological polar surface area (TPSA) is 120 Å². The van der Waals surface area contributed by atoms with Crippen LogP contribution >= 0.6 is 0 Å². The molecular weight excluding hydrogens is 578 g/mol. The molecule has 0 aliphatic rings. The summed E-state index contributed by atoms with van der Waals surface area (Å²) in [4.78, 5) is 27.7. The quantitative estimate of drug-likeness (QED) is 0.0230. The van der Waals surface area contributed by atoms with Crippen LogP contribution in [0.2, 0.25) is 0 Å². The van der Waals surface area contributed by atoms with Crippen molar-refractivity contribution >= 4 is 17.5 Å². The van der Waals surface area contributed by atoms with Crippen molar-refractivity contribution in [1.29, 1.82) is 0 Å². The maximum Gasteiger partial charge on any atom is 0.251 e. The van der Waals surface area contributed by atoms with Crippen LogP contribution < -0.4 is 10.6 Å². The second kappa shape index (κ2) is 45.8. The molecule has 0 bridgehead atoms. The van der Waals surface area contributed by atoms with Gasteiger partial charge in [0.15, 0.2) is 12.1 Å². The van der Waals surface area contributed by atoms with Gasteiger partial charge < -0.3 is 25.6 Å². The largest absolute Gasteiger partial charge is 0.377 e. The molecule has 1 amide bonds. The van der Waals surface area contributed by atoms with Crippen LogP contribution in [-0.4, -0.2) is 66.9 Å². The third kappa shape index (κ3) is 44.8. The molecule has 8 heteroatoms. The van der Waals surface area contributed by atoms with Gasteiger partial charge in [0, 0.05) is 37.4 Å². The number of hydrogen-bond donors (Lipinski definition) is 4. The van der Waals surface area contributed by atoms with E-state index in [1.807, 2.05) is 33.8 Å². The molecule has 0 aliphatic heterocycles. The van der Waals surface area contributed by atoms with E-state index < -0.39 is 6.29 Å². The Balaban J connectivity index is -0.000000181. The number of amidine groups is 1. The second-order valence-corrected chi connectivity index (χ2v) is 8.76. The predicted octanol–water partition coefficient (Wildman–Crippen LogP) is 7.75. The van der Waals surface area contributed by atoms with E-state index in [0.29, 0.717) is 24.3 Å². The zero-order valence-corrected chi connectivity index (χ0v) is 30.5. The highest BCUT2D eigenvalue weighted by Crippen LogP contribution is 2.02. The molecule has 0 heterocycles. The zero-order valence-electron chi connectivity index (χ0n) is 30.5. The van der Waals surface area contributed by atoms with E-state index in [0.717, 1.165) is 51.2 Å². The Labute approximate surface area is 282 Å². The lowest BCUT2D eigenvalue weighted by Gasteiger charge is -2.01. The summed E-state index contributed by atoms with van der Waals surface area (Å²) in [6.45, 7) is 32.1. The Kier molecular flexibility index (Phi) is 51.8. The lowest BCUT2D eigenvalue weighted by atomic mass is 10.1. The molecule has 0 saturated carbocycles. The molecule has 0 saturated heterocycles. The van der Waals surface area contributed by atoms with Gasteiger partial charge in [-0.05, 0) is 65.2 Å². The number of rotatable bonds is 18. The maximum atomic E-state index is 11.8. The first kappa shape index (κ1) is 52.0. The van der Waals surface area contributed by atoms with Gasteiger partial charge in [-0.25, -0.2) is 0 Å². The van der Waals surface area contributed by atoms with Gasteiger partial charge in [0.2, 0.25) is 0 Å². The van der Waals surface area contributed by atoms with E-state index >= 15 is 0 Å². The van der Waals surface area contributed by atoms with E-state index in [2.05, 4.69) is 63.1 Å². The Hall–Kier alpha value is -3.59. The molecule has 8 nitrogen and oxygen atoms in total. The molecule has 0 atom stereocenters. The Morgan fingerprint density at radius 3 is 2.00 bits per heavy atom. The zero-order chi connectivity index (χ0) is 36.4. The van der Waals surface area contributed by atoms with Crippen LogP contribution in [0.3, 0.4) is 0 Å². The Bertz CT molecular complexity index is 927. The van der Waals surface area contributed by atoms with Crippen molar-refractivity contribution in [3.05, 3.63) is 97.7 Å². The summed E-state index contributed by atoms with van der Waals surface area (Å²) in [5, 5.41) is 22.5. The number of ether oxygens (including phenoxy) is 1. The number of unbranched alkanes of at least 4 members (excludes halogenated alkanes) is 1. The minimum Gasteiger partial charge on any atom is -0.377 e. The molecule has 0 rings (SSSR count). The second-order valence-electron chi connectivity index (χ2n) is 8.76. The summed E-state index contributed by atoms with van der Waals surface area (Å²) in [6, 6.07) is 0. The SMILES string of the molecule is C=CCC.C=CCNC(=O)/C(C=C)=C/C=C/C(=O)C(/C=C\C)=C/C.CC.CCCCOC/C=C/C(O)O.CCCN=C(C)NCC. The molecule has 264 valence electrons. The first-order valence-corrected chi connectivity index (χ1v) is 16.3. The number of allylic oxidation sites excluding steroid dienone is 8. The average molecular weight is 646 g/mol. The molecule has 0 aromatic rings. The number of hydrogen-bond acceptors (Lipinski definition) is 6. The summed E-state index contributed by atoms with van der Waals surface area (Å²) >= 11 is 0. The van der Waals surface area contributed by atoms with Gasteiger partial charge in [0.25, 0.3) is 5.91 Å². The van der Waals surface area contributed by atoms with Gasteiger partial charge in [0.05, 0.1) is 12.4 Å². The summed E-state index contributed by atoms with van der Waals surface area (Å²) in [5.74, 6) is 0.688. The molecule has 0 aromatic heterocycles. The number of aliphatic imine (C=N–C) groups is 1. The van der Waals surface area contributed by atoms with Crippen LogP contribution in [0.5, 0.6) is 0 Å². The monoisotopic (exact) mass is 646 g/mol. The summed E-state index contributed by atoms with van der Waals surface area (Å²) in [6.07, 6.45) is 20.6. The third-order valence-electron chi connectivity index (χ3n) is 4.81. The van der Waals surface area contributed by atoms with Gasteiger partial charge in [-0.3, -0.25) is 14.6 Å². The van der Waals surface area contributed by atoms with Crippen LogP contribution in [0.15, 0.2) is 103 Å². The van der Waals surface area contributed by atoms with E-state index in [1.165, 1.54) is 18.2 Å². The molecule has 0 aromatic carbocycles. The average Bonchev–Trinajstić information content (AvgIpc) is 3.06. The number of amides is 1. The molecule has 0 unspecified atom stereocenters. The van der Waals surface area contributed by atoms with Crippen molar-refractivity contribution in [2.45, 2.75) is 94.3 Å². The third-order valence-corrected chi connectivity index (χ3v) is 4.81. The highest BCUT2D eigenvalue weighted by atomic mass is 16.5. The maximum absolute atomic E-state index is 11.8. The Morgan fingerprint density at radius 2 is 1.57 bits per heavy atom. The Morgan fingerprint density at radius 1 is 0.935 bits per heavy atom. The van der Waals surface area contributed by atoms with Crippen LogP contribution in [0, 0.1) is 0 Å². The predicted molar refractivity (Wildman–Crippen MR) is 201 cm³/mol. The van der Waals surface area contributed by atoms with E-state index in [1.54, 1.807) is 49.5 Å². The fourth-order valence-corrected chi connectivity index (χ4v) is 2.51. The van der Waals surface area contributed by atoms with E-state index in [-0.39, 0.29) is 11.7 Å². The first-order chi connectivity index (χ1) is 22.1. The van der Waals surface area contributed by atoms with E-state index in [9.17, 15) is 9.59 Å². The van der Waals surface area contributed by atoms with Crippen molar-refractivity contribution < 1.29 is 24.5 Å². The van der Waals surface area contributed by atoms with Crippen molar-refractivity contribution in [2.24, 2.45) is 4.99 Å². The number of nitrogens with one attached hydrogen (secondary N) is 2. The minimum atomic E-state index is -1.36. The van der Waals surface area contributed by atoms with Gasteiger partial charge in [-0.1, -0.05) is 96.2 Å². The van der Waals surface area contributed by atoms with Crippen LogP contribution in [0.1, 0.15) is 88.0 Å². The number of carbonyl (C=O) groups excluding carboxylic acids is 2. The molecular formula is C38H67N3O5. The van der Waals surface area contributed by atoms with Gasteiger partial charge in [-0.15, -0.1) is 13.2 Å². The van der Waals surface area contributed by atoms with Crippen LogP contribution in [-0.2, 0) is 14.3 Å². The molecule has 46 heavy (non-hydrogen) atoms. The van der Waals surface area contributed by atoms with Crippen molar-refractivity contribution in [3.8, 4) is 0 Å².